The molecule has 0 aromatic carbocycles. The van der Waals surface area contributed by atoms with Gasteiger partial charge in [0.15, 0.2) is 10.8 Å². The van der Waals surface area contributed by atoms with Crippen LogP contribution in [0.25, 0.3) is 10.8 Å². The molecular weight excluding hydrogens is 288 g/mol. The highest BCUT2D eigenvalue weighted by Gasteiger charge is 2.26. The fraction of sp³-hybridized carbons (Fsp3) is 0.467. The molecular formula is C15H20N2O3S. The lowest BCUT2D eigenvalue weighted by Crippen LogP contribution is -2.46. The molecule has 6 heteroatoms. The van der Waals surface area contributed by atoms with Crippen molar-refractivity contribution < 1.29 is 14.3 Å². The number of carbonyl (C=O) groups excluding carboxylic acids is 1. The maximum atomic E-state index is 12.4. The third kappa shape index (κ3) is 3.51. The van der Waals surface area contributed by atoms with Crippen LogP contribution < -0.4 is 5.32 Å². The Morgan fingerprint density at radius 3 is 2.90 bits per heavy atom. The van der Waals surface area contributed by atoms with Crippen molar-refractivity contribution in [2.24, 2.45) is 0 Å². The van der Waals surface area contributed by atoms with Crippen LogP contribution in [0.3, 0.4) is 0 Å². The van der Waals surface area contributed by atoms with Crippen LogP contribution in [0.5, 0.6) is 0 Å². The average Bonchev–Trinajstić information content (AvgIpc) is 3.07. The molecule has 0 aliphatic carbocycles. The van der Waals surface area contributed by atoms with Crippen molar-refractivity contribution in [3.05, 3.63) is 29.0 Å². The molecule has 1 atom stereocenters. The third-order valence-electron chi connectivity index (χ3n) is 3.60. The van der Waals surface area contributed by atoms with Gasteiger partial charge in [-0.2, -0.15) is 0 Å². The maximum absolute atomic E-state index is 12.4. The number of carbonyl (C=O) groups is 1. The predicted octanol–water partition coefficient (Wildman–Crippen LogP) is 2.99. The molecule has 21 heavy (non-hydrogen) atoms. The summed E-state index contributed by atoms with van der Waals surface area (Å²) in [6.45, 7) is 5.82. The summed E-state index contributed by atoms with van der Waals surface area (Å²) in [6, 6.07) is 3.61. The molecule has 0 aliphatic rings. The number of hydrogen-bond donors (Lipinski definition) is 2. The van der Waals surface area contributed by atoms with Crippen LogP contribution in [0.1, 0.15) is 42.1 Å². The van der Waals surface area contributed by atoms with Crippen molar-refractivity contribution in [2.75, 3.05) is 6.61 Å². The molecule has 2 heterocycles. The van der Waals surface area contributed by atoms with Crippen LogP contribution in [0, 0.1) is 6.92 Å². The van der Waals surface area contributed by atoms with Gasteiger partial charge in [-0.1, -0.05) is 6.92 Å². The van der Waals surface area contributed by atoms with Gasteiger partial charge >= 0.3 is 0 Å². The molecule has 2 N–H and O–H groups in total. The Morgan fingerprint density at radius 2 is 2.33 bits per heavy atom. The molecule has 0 bridgehead atoms. The number of nitrogens with zero attached hydrogens (tertiary/aromatic N) is 1. The predicted molar refractivity (Wildman–Crippen MR) is 82.4 cm³/mol. The standard InChI is InChI=1S/C15H20N2O3S/c1-4-15(3,7-8-18)17-13(19)12-10(2)21-14(16-12)11-6-5-9-20-11/h5-6,9,18H,4,7-8H2,1-3H3,(H,17,19). The fourth-order valence-electron chi connectivity index (χ4n) is 2.02. The summed E-state index contributed by atoms with van der Waals surface area (Å²) in [7, 11) is 0. The number of hydrogen-bond acceptors (Lipinski definition) is 5. The van der Waals surface area contributed by atoms with E-state index in [0.29, 0.717) is 22.9 Å². The van der Waals surface area contributed by atoms with E-state index in [4.69, 9.17) is 9.52 Å². The molecule has 0 radical (unpaired) electrons. The van der Waals surface area contributed by atoms with Crippen molar-refractivity contribution in [2.45, 2.75) is 39.2 Å². The zero-order valence-corrected chi connectivity index (χ0v) is 13.3. The number of rotatable bonds is 6. The second kappa shape index (κ2) is 6.41. The molecule has 0 spiro atoms. The third-order valence-corrected chi connectivity index (χ3v) is 4.59. The highest BCUT2D eigenvalue weighted by atomic mass is 32.1. The highest BCUT2D eigenvalue weighted by Crippen LogP contribution is 2.28. The van der Waals surface area contributed by atoms with E-state index in [-0.39, 0.29) is 12.5 Å². The summed E-state index contributed by atoms with van der Waals surface area (Å²) >= 11 is 1.43. The van der Waals surface area contributed by atoms with Crippen LogP contribution in [0.15, 0.2) is 22.8 Å². The fourth-order valence-corrected chi connectivity index (χ4v) is 2.90. The van der Waals surface area contributed by atoms with E-state index in [2.05, 4.69) is 10.3 Å². The minimum absolute atomic E-state index is 0.0400. The molecule has 114 valence electrons. The molecule has 2 rings (SSSR count). The minimum Gasteiger partial charge on any atom is -0.462 e. The molecule has 0 aliphatic heterocycles. The summed E-state index contributed by atoms with van der Waals surface area (Å²) in [5.41, 5.74) is -0.00349. The first kappa shape index (κ1) is 15.7. The smallest absolute Gasteiger partial charge is 0.271 e. The van der Waals surface area contributed by atoms with Gasteiger partial charge in [-0.25, -0.2) is 4.98 Å². The minimum atomic E-state index is -0.424. The molecule has 0 saturated carbocycles. The lowest BCUT2D eigenvalue weighted by atomic mass is 9.94. The number of nitrogens with one attached hydrogen (secondary N) is 1. The SMILES string of the molecule is CCC(C)(CCO)NC(=O)c1nc(-c2ccco2)sc1C. The Kier molecular flexibility index (Phi) is 4.80. The molecule has 0 saturated heterocycles. The molecule has 1 amide bonds. The zero-order valence-electron chi connectivity index (χ0n) is 12.5. The lowest BCUT2D eigenvalue weighted by Gasteiger charge is -2.28. The molecule has 2 aromatic rings. The van der Waals surface area contributed by atoms with Crippen LogP contribution in [-0.2, 0) is 0 Å². The van der Waals surface area contributed by atoms with Crippen molar-refractivity contribution in [1.82, 2.24) is 10.3 Å². The number of aryl methyl sites for hydroxylation is 1. The van der Waals surface area contributed by atoms with E-state index in [1.807, 2.05) is 26.8 Å². The largest absolute Gasteiger partial charge is 0.462 e. The number of amides is 1. The summed E-state index contributed by atoms with van der Waals surface area (Å²) in [6.07, 6.45) is 2.85. The van der Waals surface area contributed by atoms with Gasteiger partial charge in [-0.05, 0) is 38.8 Å². The van der Waals surface area contributed by atoms with E-state index >= 15 is 0 Å². The Labute approximate surface area is 128 Å². The summed E-state index contributed by atoms with van der Waals surface area (Å²) in [4.78, 5) is 17.6. The van der Waals surface area contributed by atoms with E-state index in [9.17, 15) is 4.79 Å². The molecule has 2 aromatic heterocycles. The number of thiazole rings is 1. The van der Waals surface area contributed by atoms with E-state index in [1.165, 1.54) is 11.3 Å². The van der Waals surface area contributed by atoms with Crippen LogP contribution >= 0.6 is 11.3 Å². The van der Waals surface area contributed by atoms with Gasteiger partial charge in [0.25, 0.3) is 5.91 Å². The number of aliphatic hydroxyl groups is 1. The Morgan fingerprint density at radius 1 is 1.57 bits per heavy atom. The van der Waals surface area contributed by atoms with Gasteiger partial charge in [0, 0.05) is 17.0 Å². The van der Waals surface area contributed by atoms with Crippen LogP contribution in [0.4, 0.5) is 0 Å². The van der Waals surface area contributed by atoms with Crippen molar-refractivity contribution in [1.29, 1.82) is 0 Å². The molecule has 1 unspecified atom stereocenters. The highest BCUT2D eigenvalue weighted by molar-refractivity contribution is 7.15. The van der Waals surface area contributed by atoms with Gasteiger partial charge in [-0.3, -0.25) is 4.79 Å². The monoisotopic (exact) mass is 308 g/mol. The first-order chi connectivity index (χ1) is 9.99. The number of aliphatic hydroxyl groups excluding tert-OH is 1. The second-order valence-corrected chi connectivity index (χ2v) is 6.45. The quantitative estimate of drug-likeness (QED) is 0.860. The maximum Gasteiger partial charge on any atom is 0.271 e. The first-order valence-corrected chi connectivity index (χ1v) is 7.75. The van der Waals surface area contributed by atoms with Gasteiger partial charge < -0.3 is 14.8 Å². The Balaban J connectivity index is 2.20. The van der Waals surface area contributed by atoms with Gasteiger partial charge in [-0.15, -0.1) is 11.3 Å². The van der Waals surface area contributed by atoms with Gasteiger partial charge in [0.05, 0.1) is 6.26 Å². The van der Waals surface area contributed by atoms with E-state index in [0.717, 1.165) is 11.3 Å². The van der Waals surface area contributed by atoms with Crippen molar-refractivity contribution in [3.63, 3.8) is 0 Å². The first-order valence-electron chi connectivity index (χ1n) is 6.94. The average molecular weight is 308 g/mol. The van der Waals surface area contributed by atoms with Crippen LogP contribution in [-0.4, -0.2) is 28.1 Å². The summed E-state index contributed by atoms with van der Waals surface area (Å²) in [5, 5.41) is 12.8. The van der Waals surface area contributed by atoms with E-state index in [1.54, 1.807) is 12.3 Å². The number of furan rings is 1. The Hall–Kier alpha value is -1.66. The topological polar surface area (TPSA) is 75.4 Å². The molecule has 5 nitrogen and oxygen atoms in total. The zero-order chi connectivity index (χ0) is 15.5. The normalized spacial score (nSPS) is 13.9. The molecule has 0 fully saturated rings. The summed E-state index contributed by atoms with van der Waals surface area (Å²) < 4.78 is 5.31. The van der Waals surface area contributed by atoms with Crippen molar-refractivity contribution >= 4 is 17.2 Å². The van der Waals surface area contributed by atoms with Gasteiger partial charge in [0.2, 0.25) is 0 Å². The van der Waals surface area contributed by atoms with Gasteiger partial charge in [0.1, 0.15) is 5.69 Å². The van der Waals surface area contributed by atoms with E-state index < -0.39 is 5.54 Å². The second-order valence-electron chi connectivity index (χ2n) is 5.24. The lowest BCUT2D eigenvalue weighted by molar-refractivity contribution is 0.0881. The Bertz CT molecular complexity index is 606. The number of aromatic nitrogens is 1. The van der Waals surface area contributed by atoms with Crippen LogP contribution in [0.2, 0.25) is 0 Å². The van der Waals surface area contributed by atoms with Crippen molar-refractivity contribution in [3.8, 4) is 10.8 Å². The summed E-state index contributed by atoms with van der Waals surface area (Å²) in [5.74, 6) is 0.454.